The fourth-order valence-corrected chi connectivity index (χ4v) is 0.807. The van der Waals surface area contributed by atoms with Crippen molar-refractivity contribution in [3.05, 3.63) is 35.4 Å². The average molecular weight is 187 g/mol. The Hall–Kier alpha value is -0.710. The van der Waals surface area contributed by atoms with E-state index >= 15 is 0 Å². The molecule has 1 aromatic carbocycles. The van der Waals surface area contributed by atoms with E-state index in [9.17, 15) is 0 Å². The zero-order valence-electron chi connectivity index (χ0n) is 6.98. The lowest BCUT2D eigenvalue weighted by Crippen LogP contribution is -1.75. The largest absolute Gasteiger partial charge is 0.750 e. The summed E-state index contributed by atoms with van der Waals surface area (Å²) in [4.78, 5) is 0. The molecule has 0 amide bonds. The summed E-state index contributed by atoms with van der Waals surface area (Å²) >= 11 is -2.86. The first kappa shape index (κ1) is 11.3. The first-order chi connectivity index (χ1) is 5.52. The molecular formula is C8H11O3S-. The lowest BCUT2D eigenvalue weighted by molar-refractivity contribution is 0.436. The van der Waals surface area contributed by atoms with Crippen molar-refractivity contribution in [2.75, 3.05) is 0 Å². The molecule has 0 spiro atoms. The van der Waals surface area contributed by atoms with Crippen LogP contribution in [-0.2, 0) is 11.4 Å². The molecule has 1 rings (SSSR count). The minimum absolute atomic E-state index is 1.34. The van der Waals surface area contributed by atoms with Crippen LogP contribution in [0, 0.1) is 13.8 Å². The summed E-state index contributed by atoms with van der Waals surface area (Å²) < 4.78 is 24.1. The molecule has 0 bridgehead atoms. The van der Waals surface area contributed by atoms with E-state index in [1.807, 2.05) is 0 Å². The van der Waals surface area contributed by atoms with Gasteiger partial charge in [0.15, 0.2) is 0 Å². The van der Waals surface area contributed by atoms with Crippen LogP contribution in [0.15, 0.2) is 24.3 Å². The predicted octanol–water partition coefficient (Wildman–Crippen LogP) is 1.64. The molecule has 0 aliphatic carbocycles. The van der Waals surface area contributed by atoms with Crippen LogP contribution in [0.2, 0.25) is 0 Å². The summed E-state index contributed by atoms with van der Waals surface area (Å²) in [5, 5.41) is 0. The van der Waals surface area contributed by atoms with Crippen molar-refractivity contribution in [3.63, 3.8) is 0 Å². The van der Waals surface area contributed by atoms with Crippen molar-refractivity contribution < 1.29 is 13.3 Å². The summed E-state index contributed by atoms with van der Waals surface area (Å²) in [6.45, 7) is 4.21. The Balaban J connectivity index is 0.000000261. The van der Waals surface area contributed by atoms with Gasteiger partial charge < -0.3 is 9.11 Å². The molecular weight excluding hydrogens is 176 g/mol. The fraction of sp³-hybridized carbons (Fsp3) is 0.250. The third-order valence-corrected chi connectivity index (χ3v) is 1.17. The van der Waals surface area contributed by atoms with E-state index in [0.29, 0.717) is 0 Å². The molecule has 68 valence electrons. The van der Waals surface area contributed by atoms with E-state index < -0.39 is 11.4 Å². The van der Waals surface area contributed by atoms with Crippen molar-refractivity contribution in [1.29, 1.82) is 0 Å². The molecule has 0 heterocycles. The zero-order chi connectivity index (χ0) is 9.56. The first-order valence-corrected chi connectivity index (χ1v) is 4.37. The van der Waals surface area contributed by atoms with Crippen molar-refractivity contribution in [2.45, 2.75) is 13.8 Å². The lowest BCUT2D eigenvalue weighted by atomic mass is 10.2. The maximum absolute atomic E-state index is 8.56. The summed E-state index contributed by atoms with van der Waals surface area (Å²) in [6.07, 6.45) is 0. The fourth-order valence-electron chi connectivity index (χ4n) is 0.807. The maximum Gasteiger partial charge on any atom is 0.0814 e. The molecule has 0 fully saturated rings. The number of rotatable bonds is 0. The second-order valence-electron chi connectivity index (χ2n) is 2.38. The van der Waals surface area contributed by atoms with Gasteiger partial charge in [0.25, 0.3) is 0 Å². The Morgan fingerprint density at radius 3 is 1.83 bits per heavy atom. The quantitative estimate of drug-likeness (QED) is 0.628. The molecule has 1 atom stereocenters. The van der Waals surface area contributed by atoms with Crippen molar-refractivity contribution >= 4 is 11.4 Å². The number of hydrogen-bond donors (Lipinski definition) is 1. The third kappa shape index (κ3) is 7.40. The van der Waals surface area contributed by atoms with Crippen molar-refractivity contribution in [1.82, 2.24) is 0 Å². The highest BCUT2D eigenvalue weighted by molar-refractivity contribution is 7.73. The number of hydrogen-bond acceptors (Lipinski definition) is 2. The van der Waals surface area contributed by atoms with Gasteiger partial charge in [-0.2, -0.15) is 0 Å². The number of benzene rings is 1. The van der Waals surface area contributed by atoms with Crippen LogP contribution >= 0.6 is 0 Å². The van der Waals surface area contributed by atoms with Crippen LogP contribution in [0.1, 0.15) is 11.1 Å². The van der Waals surface area contributed by atoms with E-state index in [0.717, 1.165) is 0 Å². The van der Waals surface area contributed by atoms with E-state index in [1.165, 1.54) is 11.1 Å². The van der Waals surface area contributed by atoms with Crippen LogP contribution in [0.3, 0.4) is 0 Å². The van der Waals surface area contributed by atoms with Crippen molar-refractivity contribution in [2.24, 2.45) is 0 Å². The Morgan fingerprint density at radius 1 is 1.33 bits per heavy atom. The molecule has 1 aromatic rings. The standard InChI is InChI=1S/C8H10.H2O3S/c1-7-4-3-5-8(2)6-7;1-4(2)3/h3-6H,1-2H3;(H2,1,2,3)/p-1. The van der Waals surface area contributed by atoms with Gasteiger partial charge in [-0.05, 0) is 13.8 Å². The monoisotopic (exact) mass is 187 g/mol. The third-order valence-electron chi connectivity index (χ3n) is 1.17. The molecule has 4 heteroatoms. The van der Waals surface area contributed by atoms with E-state index in [4.69, 9.17) is 13.3 Å². The topological polar surface area (TPSA) is 60.4 Å². The Bertz CT molecular complexity index is 239. The molecule has 12 heavy (non-hydrogen) atoms. The Morgan fingerprint density at radius 2 is 1.67 bits per heavy atom. The van der Waals surface area contributed by atoms with Crippen LogP contribution in [0.5, 0.6) is 0 Å². The summed E-state index contributed by atoms with van der Waals surface area (Å²) in [5.74, 6) is 0. The molecule has 3 nitrogen and oxygen atoms in total. The summed E-state index contributed by atoms with van der Waals surface area (Å²) in [6, 6.07) is 8.45. The maximum atomic E-state index is 8.56. The van der Waals surface area contributed by atoms with Gasteiger partial charge in [-0.15, -0.1) is 0 Å². The van der Waals surface area contributed by atoms with Crippen molar-refractivity contribution in [3.8, 4) is 0 Å². The van der Waals surface area contributed by atoms with Crippen LogP contribution in [-0.4, -0.2) is 13.3 Å². The minimum atomic E-state index is -2.86. The van der Waals surface area contributed by atoms with Gasteiger partial charge in [0.05, 0.1) is 11.4 Å². The lowest BCUT2D eigenvalue weighted by Gasteiger charge is -1.90. The molecule has 0 aliphatic rings. The molecule has 0 saturated carbocycles. The predicted molar refractivity (Wildman–Crippen MR) is 47.5 cm³/mol. The molecule has 1 unspecified atom stereocenters. The van der Waals surface area contributed by atoms with Gasteiger partial charge in [0.2, 0.25) is 0 Å². The average Bonchev–Trinajstić information content (AvgIpc) is 1.84. The SMILES string of the molecule is Cc1cccc(C)c1.O=S([O-])O. The highest BCUT2D eigenvalue weighted by Gasteiger charge is 1.80. The van der Waals surface area contributed by atoms with Crippen LogP contribution in [0.25, 0.3) is 0 Å². The van der Waals surface area contributed by atoms with E-state index in [-0.39, 0.29) is 0 Å². The van der Waals surface area contributed by atoms with Crippen LogP contribution < -0.4 is 0 Å². The van der Waals surface area contributed by atoms with E-state index in [2.05, 4.69) is 38.1 Å². The van der Waals surface area contributed by atoms with Gasteiger partial charge in [0.1, 0.15) is 0 Å². The first-order valence-electron chi connectivity index (χ1n) is 3.34. The van der Waals surface area contributed by atoms with E-state index in [1.54, 1.807) is 0 Å². The molecule has 0 aliphatic heterocycles. The zero-order valence-corrected chi connectivity index (χ0v) is 7.80. The van der Waals surface area contributed by atoms with Gasteiger partial charge in [-0.25, -0.2) is 4.21 Å². The Kier molecular flexibility index (Phi) is 5.53. The van der Waals surface area contributed by atoms with Crippen LogP contribution in [0.4, 0.5) is 0 Å². The number of aryl methyl sites for hydroxylation is 2. The normalized spacial score (nSPS) is 11.3. The second kappa shape index (κ2) is 5.88. The minimum Gasteiger partial charge on any atom is -0.750 e. The second-order valence-corrected chi connectivity index (χ2v) is 2.81. The van der Waals surface area contributed by atoms with Gasteiger partial charge in [-0.1, -0.05) is 35.4 Å². The Labute approximate surface area is 74.5 Å². The summed E-state index contributed by atoms with van der Waals surface area (Å²) in [7, 11) is 0. The molecule has 1 N–H and O–H groups in total. The highest BCUT2D eigenvalue weighted by Crippen LogP contribution is 2.00. The highest BCUT2D eigenvalue weighted by atomic mass is 32.2. The molecule has 0 radical (unpaired) electrons. The van der Waals surface area contributed by atoms with Gasteiger partial charge in [-0.3, -0.25) is 0 Å². The molecule has 0 saturated heterocycles. The van der Waals surface area contributed by atoms with Gasteiger partial charge >= 0.3 is 0 Å². The van der Waals surface area contributed by atoms with Gasteiger partial charge in [0, 0.05) is 0 Å². The smallest absolute Gasteiger partial charge is 0.0814 e. The summed E-state index contributed by atoms with van der Waals surface area (Å²) in [5.41, 5.74) is 2.68. The molecule has 0 aromatic heterocycles.